The maximum atomic E-state index is 12.2. The number of amides is 1. The fourth-order valence-corrected chi connectivity index (χ4v) is 3.17. The van der Waals surface area contributed by atoms with Crippen molar-refractivity contribution >= 4 is 15.9 Å². The molecular weight excluding hydrogens is 284 g/mol. The number of sulfonamides is 1. The predicted octanol–water partition coefficient (Wildman–Crippen LogP) is -0.473. The van der Waals surface area contributed by atoms with E-state index in [0.29, 0.717) is 25.1 Å². The van der Waals surface area contributed by atoms with Gasteiger partial charge in [0.05, 0.1) is 17.8 Å². The molecule has 112 valence electrons. The average Bonchev–Trinajstić information content (AvgIpc) is 2.95. The SMILES string of the molecule is CCc1[nH]nc(C(=O)NC2CCOC2C)c1S(N)(=O)=O. The standard InChI is InChI=1S/C11H18N4O4S/c1-3-7-10(20(12,17)18)9(15-14-7)11(16)13-8-4-5-19-6(8)2/h6,8H,3-5H2,1-2H3,(H,13,16)(H,14,15)(H2,12,17,18). The van der Waals surface area contributed by atoms with Crippen molar-refractivity contribution in [2.45, 2.75) is 43.7 Å². The molecule has 0 radical (unpaired) electrons. The third-order valence-electron chi connectivity index (χ3n) is 3.34. The van der Waals surface area contributed by atoms with E-state index in [0.717, 1.165) is 0 Å². The third kappa shape index (κ3) is 2.84. The van der Waals surface area contributed by atoms with E-state index in [1.807, 2.05) is 6.92 Å². The number of aromatic nitrogens is 2. The van der Waals surface area contributed by atoms with E-state index in [1.165, 1.54) is 0 Å². The molecule has 1 saturated heterocycles. The van der Waals surface area contributed by atoms with Crippen LogP contribution in [0.2, 0.25) is 0 Å². The summed E-state index contributed by atoms with van der Waals surface area (Å²) in [6, 6.07) is -0.155. The fourth-order valence-electron chi connectivity index (χ4n) is 2.23. The Morgan fingerprint density at radius 3 is 2.80 bits per heavy atom. The fraction of sp³-hybridized carbons (Fsp3) is 0.636. The topological polar surface area (TPSA) is 127 Å². The number of ether oxygens (including phenoxy) is 1. The number of hydrogen-bond donors (Lipinski definition) is 3. The molecule has 2 atom stereocenters. The van der Waals surface area contributed by atoms with Crippen molar-refractivity contribution in [3.05, 3.63) is 11.4 Å². The molecule has 9 heteroatoms. The van der Waals surface area contributed by atoms with Gasteiger partial charge >= 0.3 is 0 Å². The molecule has 1 amide bonds. The second-order valence-corrected chi connectivity index (χ2v) is 6.22. The molecular formula is C11H18N4O4S. The van der Waals surface area contributed by atoms with Gasteiger partial charge in [-0.3, -0.25) is 9.89 Å². The van der Waals surface area contributed by atoms with Crippen molar-refractivity contribution < 1.29 is 17.9 Å². The zero-order valence-corrected chi connectivity index (χ0v) is 12.2. The molecule has 8 nitrogen and oxygen atoms in total. The molecule has 1 aliphatic heterocycles. The Morgan fingerprint density at radius 2 is 2.30 bits per heavy atom. The molecule has 1 aliphatic rings. The number of H-pyrrole nitrogens is 1. The molecule has 1 aromatic rings. The number of carbonyl (C=O) groups excluding carboxylic acids is 1. The minimum absolute atomic E-state index is 0.110. The van der Waals surface area contributed by atoms with Crippen LogP contribution in [0.25, 0.3) is 0 Å². The summed E-state index contributed by atoms with van der Waals surface area (Å²) in [7, 11) is -4.01. The van der Waals surface area contributed by atoms with E-state index in [2.05, 4.69) is 15.5 Å². The second-order valence-electron chi connectivity index (χ2n) is 4.72. The van der Waals surface area contributed by atoms with Gasteiger partial charge in [-0.25, -0.2) is 13.6 Å². The summed E-state index contributed by atoms with van der Waals surface area (Å²) in [5, 5.41) is 14.2. The van der Waals surface area contributed by atoms with Crippen LogP contribution in [0.15, 0.2) is 4.90 Å². The summed E-state index contributed by atoms with van der Waals surface area (Å²) in [5.41, 5.74) is 0.136. The number of nitrogens with two attached hydrogens (primary N) is 1. The van der Waals surface area contributed by atoms with E-state index >= 15 is 0 Å². The molecule has 0 spiro atoms. The lowest BCUT2D eigenvalue weighted by atomic mass is 10.1. The van der Waals surface area contributed by atoms with Gasteiger partial charge in [-0.2, -0.15) is 5.10 Å². The van der Waals surface area contributed by atoms with Crippen molar-refractivity contribution in [3.63, 3.8) is 0 Å². The Kier molecular flexibility index (Phi) is 4.11. The number of nitrogens with zero attached hydrogens (tertiary/aromatic N) is 1. The number of carbonyl (C=O) groups is 1. The van der Waals surface area contributed by atoms with Crippen LogP contribution in [0.3, 0.4) is 0 Å². The van der Waals surface area contributed by atoms with Gasteiger partial charge in [0.2, 0.25) is 10.0 Å². The van der Waals surface area contributed by atoms with Gasteiger partial charge in [-0.15, -0.1) is 0 Å². The van der Waals surface area contributed by atoms with Crippen molar-refractivity contribution in [3.8, 4) is 0 Å². The monoisotopic (exact) mass is 302 g/mol. The van der Waals surface area contributed by atoms with Gasteiger partial charge in [0, 0.05) is 6.61 Å². The zero-order chi connectivity index (χ0) is 14.9. The van der Waals surface area contributed by atoms with Crippen LogP contribution in [0.5, 0.6) is 0 Å². The average molecular weight is 302 g/mol. The van der Waals surface area contributed by atoms with Crippen LogP contribution in [0.1, 0.15) is 36.5 Å². The predicted molar refractivity (Wildman–Crippen MR) is 70.6 cm³/mol. The zero-order valence-electron chi connectivity index (χ0n) is 11.3. The first-order valence-electron chi connectivity index (χ1n) is 6.37. The van der Waals surface area contributed by atoms with E-state index < -0.39 is 15.9 Å². The first-order valence-corrected chi connectivity index (χ1v) is 7.91. The molecule has 1 fully saturated rings. The first-order chi connectivity index (χ1) is 9.34. The van der Waals surface area contributed by atoms with Crippen molar-refractivity contribution in [1.82, 2.24) is 15.5 Å². The Labute approximate surface area is 117 Å². The van der Waals surface area contributed by atoms with Crippen molar-refractivity contribution in [2.24, 2.45) is 5.14 Å². The quantitative estimate of drug-likeness (QED) is 0.692. The normalized spacial score (nSPS) is 22.9. The van der Waals surface area contributed by atoms with Crippen LogP contribution in [-0.2, 0) is 21.2 Å². The molecule has 0 aromatic carbocycles. The highest BCUT2D eigenvalue weighted by molar-refractivity contribution is 7.89. The molecule has 0 aliphatic carbocycles. The number of rotatable bonds is 4. The molecule has 20 heavy (non-hydrogen) atoms. The number of aryl methyl sites for hydroxylation is 1. The Morgan fingerprint density at radius 1 is 1.60 bits per heavy atom. The first kappa shape index (κ1) is 14.9. The van der Waals surface area contributed by atoms with Gasteiger partial charge in [0.1, 0.15) is 4.90 Å². The highest BCUT2D eigenvalue weighted by atomic mass is 32.2. The molecule has 2 unspecified atom stereocenters. The van der Waals surface area contributed by atoms with E-state index in [1.54, 1.807) is 6.92 Å². The summed E-state index contributed by atoms with van der Waals surface area (Å²) in [5.74, 6) is -0.563. The molecule has 1 aromatic heterocycles. The third-order valence-corrected chi connectivity index (χ3v) is 4.35. The minimum Gasteiger partial charge on any atom is -0.376 e. The maximum Gasteiger partial charge on any atom is 0.273 e. The molecule has 0 saturated carbocycles. The summed E-state index contributed by atoms with van der Waals surface area (Å²) in [6.45, 7) is 4.16. The van der Waals surface area contributed by atoms with Crippen molar-refractivity contribution in [1.29, 1.82) is 0 Å². The van der Waals surface area contributed by atoms with E-state index in [-0.39, 0.29) is 22.7 Å². The molecule has 4 N–H and O–H groups in total. The molecule has 2 rings (SSSR count). The maximum absolute atomic E-state index is 12.2. The number of primary sulfonamides is 1. The smallest absolute Gasteiger partial charge is 0.273 e. The van der Waals surface area contributed by atoms with E-state index in [9.17, 15) is 13.2 Å². The highest BCUT2D eigenvalue weighted by Gasteiger charge is 2.31. The van der Waals surface area contributed by atoms with Gasteiger partial charge in [0.15, 0.2) is 5.69 Å². The number of aromatic amines is 1. The van der Waals surface area contributed by atoms with Crippen LogP contribution in [0, 0.1) is 0 Å². The van der Waals surface area contributed by atoms with Crippen LogP contribution >= 0.6 is 0 Å². The Hall–Kier alpha value is -1.45. The lowest BCUT2D eigenvalue weighted by Gasteiger charge is -2.15. The lowest BCUT2D eigenvalue weighted by Crippen LogP contribution is -2.40. The van der Waals surface area contributed by atoms with Gasteiger partial charge in [0.25, 0.3) is 5.91 Å². The number of hydrogen-bond acceptors (Lipinski definition) is 5. The van der Waals surface area contributed by atoms with Gasteiger partial charge < -0.3 is 10.1 Å². The van der Waals surface area contributed by atoms with Crippen LogP contribution in [-0.4, -0.2) is 43.3 Å². The Bertz CT molecular complexity index is 610. The summed E-state index contributed by atoms with van der Waals surface area (Å²) < 4.78 is 28.6. The minimum atomic E-state index is -4.01. The second kappa shape index (κ2) is 5.51. The summed E-state index contributed by atoms with van der Waals surface area (Å²) >= 11 is 0. The van der Waals surface area contributed by atoms with Gasteiger partial charge in [-0.1, -0.05) is 6.92 Å². The Balaban J connectivity index is 2.28. The molecule has 0 bridgehead atoms. The van der Waals surface area contributed by atoms with Crippen molar-refractivity contribution in [2.75, 3.05) is 6.61 Å². The van der Waals surface area contributed by atoms with Crippen LogP contribution in [0.4, 0.5) is 0 Å². The summed E-state index contributed by atoms with van der Waals surface area (Å²) in [4.78, 5) is 11.9. The summed E-state index contributed by atoms with van der Waals surface area (Å²) in [6.07, 6.45) is 0.957. The highest BCUT2D eigenvalue weighted by Crippen LogP contribution is 2.19. The largest absolute Gasteiger partial charge is 0.376 e. The van der Waals surface area contributed by atoms with Crippen LogP contribution < -0.4 is 10.5 Å². The number of nitrogens with one attached hydrogen (secondary N) is 2. The molecule has 2 heterocycles. The van der Waals surface area contributed by atoms with Gasteiger partial charge in [-0.05, 0) is 19.8 Å². The van der Waals surface area contributed by atoms with E-state index in [4.69, 9.17) is 9.88 Å². The lowest BCUT2D eigenvalue weighted by molar-refractivity contribution is 0.0859.